The molecule has 0 aliphatic heterocycles. The second-order valence-electron chi connectivity index (χ2n) is 5.32. The number of rotatable bonds is 6. The Labute approximate surface area is 125 Å². The van der Waals surface area contributed by atoms with E-state index in [-0.39, 0.29) is 30.1 Å². The van der Waals surface area contributed by atoms with Gasteiger partial charge in [0.1, 0.15) is 11.9 Å². The number of likely N-dealkylation sites (N-methyl/N-ethyl adjacent to an activating group) is 1. The van der Waals surface area contributed by atoms with Crippen molar-refractivity contribution in [3.05, 3.63) is 35.6 Å². The summed E-state index contributed by atoms with van der Waals surface area (Å²) >= 11 is 0. The van der Waals surface area contributed by atoms with Gasteiger partial charge in [0.15, 0.2) is 0 Å². The van der Waals surface area contributed by atoms with Crippen molar-refractivity contribution in [1.82, 2.24) is 10.2 Å². The molecule has 0 radical (unpaired) electrons. The van der Waals surface area contributed by atoms with E-state index in [4.69, 9.17) is 0 Å². The molecule has 0 unspecified atom stereocenters. The van der Waals surface area contributed by atoms with Crippen molar-refractivity contribution in [3.63, 3.8) is 0 Å². The standard InChI is InChI=1S/C16H23FN2O2/c1-5-18-15(20)12(4)19(16(21)11(2)3)10-13-6-8-14(17)9-7-13/h6-9,11-12H,5,10H2,1-4H3,(H,18,20)/t12-/m0/s1. The molecule has 2 amide bonds. The topological polar surface area (TPSA) is 49.4 Å². The van der Waals surface area contributed by atoms with Gasteiger partial charge >= 0.3 is 0 Å². The molecule has 4 nitrogen and oxygen atoms in total. The van der Waals surface area contributed by atoms with Crippen LogP contribution in [0.2, 0.25) is 0 Å². The molecule has 0 aliphatic carbocycles. The number of carbonyl (C=O) groups is 2. The van der Waals surface area contributed by atoms with Gasteiger partial charge in [-0.25, -0.2) is 4.39 Å². The fourth-order valence-corrected chi connectivity index (χ4v) is 1.99. The zero-order valence-electron chi connectivity index (χ0n) is 13.0. The fourth-order valence-electron chi connectivity index (χ4n) is 1.99. The molecule has 0 saturated carbocycles. The van der Waals surface area contributed by atoms with Crippen LogP contribution in [0.3, 0.4) is 0 Å². The highest BCUT2D eigenvalue weighted by Crippen LogP contribution is 2.13. The van der Waals surface area contributed by atoms with E-state index in [1.807, 2.05) is 6.92 Å². The molecule has 116 valence electrons. The summed E-state index contributed by atoms with van der Waals surface area (Å²) in [5.74, 6) is -0.814. The molecule has 0 heterocycles. The number of nitrogens with one attached hydrogen (secondary N) is 1. The Morgan fingerprint density at radius 2 is 1.76 bits per heavy atom. The molecular formula is C16H23FN2O2. The van der Waals surface area contributed by atoms with Crippen molar-refractivity contribution >= 4 is 11.8 Å². The van der Waals surface area contributed by atoms with Crippen LogP contribution in [0.5, 0.6) is 0 Å². The van der Waals surface area contributed by atoms with E-state index in [9.17, 15) is 14.0 Å². The average Bonchev–Trinajstić information content (AvgIpc) is 2.45. The normalized spacial score (nSPS) is 12.1. The predicted octanol–water partition coefficient (Wildman–Crippen LogP) is 2.33. The maximum absolute atomic E-state index is 13.0. The third kappa shape index (κ3) is 4.85. The van der Waals surface area contributed by atoms with Crippen LogP contribution in [0, 0.1) is 11.7 Å². The van der Waals surface area contributed by atoms with Gasteiger partial charge in [0, 0.05) is 19.0 Å². The summed E-state index contributed by atoms with van der Waals surface area (Å²) in [6.07, 6.45) is 0. The van der Waals surface area contributed by atoms with Crippen LogP contribution >= 0.6 is 0 Å². The Bertz CT molecular complexity index is 486. The van der Waals surface area contributed by atoms with Gasteiger partial charge in [-0.05, 0) is 31.5 Å². The van der Waals surface area contributed by atoms with Gasteiger partial charge in [0.05, 0.1) is 0 Å². The first-order valence-electron chi connectivity index (χ1n) is 7.19. The van der Waals surface area contributed by atoms with E-state index in [0.29, 0.717) is 6.54 Å². The van der Waals surface area contributed by atoms with E-state index in [1.54, 1.807) is 32.9 Å². The quantitative estimate of drug-likeness (QED) is 0.875. The molecule has 0 saturated heterocycles. The van der Waals surface area contributed by atoms with Gasteiger partial charge in [-0.2, -0.15) is 0 Å². The van der Waals surface area contributed by atoms with Gasteiger partial charge in [-0.1, -0.05) is 26.0 Å². The Morgan fingerprint density at radius 1 is 1.19 bits per heavy atom. The highest BCUT2D eigenvalue weighted by atomic mass is 19.1. The number of nitrogens with zero attached hydrogens (tertiary/aromatic N) is 1. The van der Waals surface area contributed by atoms with E-state index in [0.717, 1.165) is 5.56 Å². The van der Waals surface area contributed by atoms with Gasteiger partial charge in [-0.15, -0.1) is 0 Å². The van der Waals surface area contributed by atoms with Crippen LogP contribution in [-0.2, 0) is 16.1 Å². The third-order valence-corrected chi connectivity index (χ3v) is 3.24. The van der Waals surface area contributed by atoms with Crippen molar-refractivity contribution in [1.29, 1.82) is 0 Å². The minimum Gasteiger partial charge on any atom is -0.355 e. The zero-order valence-corrected chi connectivity index (χ0v) is 13.0. The van der Waals surface area contributed by atoms with E-state index in [2.05, 4.69) is 5.32 Å². The van der Waals surface area contributed by atoms with Gasteiger partial charge < -0.3 is 10.2 Å². The molecule has 0 fully saturated rings. The van der Waals surface area contributed by atoms with Crippen molar-refractivity contribution < 1.29 is 14.0 Å². The number of amides is 2. The highest BCUT2D eigenvalue weighted by molar-refractivity contribution is 5.88. The summed E-state index contributed by atoms with van der Waals surface area (Å²) in [6.45, 7) is 7.93. The van der Waals surface area contributed by atoms with Crippen molar-refractivity contribution in [2.24, 2.45) is 5.92 Å². The highest BCUT2D eigenvalue weighted by Gasteiger charge is 2.27. The summed E-state index contributed by atoms with van der Waals surface area (Å²) < 4.78 is 13.0. The summed E-state index contributed by atoms with van der Waals surface area (Å²) in [4.78, 5) is 25.9. The lowest BCUT2D eigenvalue weighted by atomic mass is 10.1. The SMILES string of the molecule is CCNC(=O)[C@H](C)N(Cc1ccc(F)cc1)C(=O)C(C)C. The maximum Gasteiger partial charge on any atom is 0.242 e. The summed E-state index contributed by atoms with van der Waals surface area (Å²) in [7, 11) is 0. The van der Waals surface area contributed by atoms with Crippen LogP contribution in [0.1, 0.15) is 33.3 Å². The fraction of sp³-hybridized carbons (Fsp3) is 0.500. The van der Waals surface area contributed by atoms with Crippen LogP contribution < -0.4 is 5.32 Å². The van der Waals surface area contributed by atoms with Crippen molar-refractivity contribution in [2.75, 3.05) is 6.54 Å². The van der Waals surface area contributed by atoms with E-state index < -0.39 is 6.04 Å². The van der Waals surface area contributed by atoms with Gasteiger partial charge in [0.25, 0.3) is 0 Å². The third-order valence-electron chi connectivity index (χ3n) is 3.24. The molecule has 0 aliphatic rings. The maximum atomic E-state index is 13.0. The monoisotopic (exact) mass is 294 g/mol. The number of halogens is 1. The summed E-state index contributed by atoms with van der Waals surface area (Å²) in [5.41, 5.74) is 0.793. The van der Waals surface area contributed by atoms with Crippen molar-refractivity contribution in [3.8, 4) is 0 Å². The predicted molar refractivity (Wildman–Crippen MR) is 79.9 cm³/mol. The number of hydrogen-bond acceptors (Lipinski definition) is 2. The molecule has 0 bridgehead atoms. The molecular weight excluding hydrogens is 271 g/mol. The van der Waals surface area contributed by atoms with Crippen LogP contribution in [-0.4, -0.2) is 29.3 Å². The summed E-state index contributed by atoms with van der Waals surface area (Å²) in [6, 6.07) is 5.39. The summed E-state index contributed by atoms with van der Waals surface area (Å²) in [5, 5.41) is 2.72. The van der Waals surface area contributed by atoms with Gasteiger partial charge in [0.2, 0.25) is 11.8 Å². The number of benzene rings is 1. The molecule has 1 rings (SSSR count). The van der Waals surface area contributed by atoms with Crippen LogP contribution in [0.15, 0.2) is 24.3 Å². The molecule has 21 heavy (non-hydrogen) atoms. The Balaban J connectivity index is 2.94. The minimum atomic E-state index is -0.565. The molecule has 0 spiro atoms. The first-order chi connectivity index (χ1) is 9.86. The lowest BCUT2D eigenvalue weighted by molar-refractivity contribution is -0.143. The van der Waals surface area contributed by atoms with E-state index in [1.165, 1.54) is 17.0 Å². The lowest BCUT2D eigenvalue weighted by Gasteiger charge is -2.30. The lowest BCUT2D eigenvalue weighted by Crippen LogP contribution is -2.48. The Hall–Kier alpha value is -1.91. The smallest absolute Gasteiger partial charge is 0.242 e. The Morgan fingerprint density at radius 3 is 2.24 bits per heavy atom. The zero-order chi connectivity index (χ0) is 16.0. The number of hydrogen-bond donors (Lipinski definition) is 1. The number of carbonyl (C=O) groups excluding carboxylic acids is 2. The van der Waals surface area contributed by atoms with Crippen LogP contribution in [0.4, 0.5) is 4.39 Å². The first-order valence-corrected chi connectivity index (χ1v) is 7.19. The second-order valence-corrected chi connectivity index (χ2v) is 5.32. The molecule has 5 heteroatoms. The average molecular weight is 294 g/mol. The van der Waals surface area contributed by atoms with Crippen molar-refractivity contribution in [2.45, 2.75) is 40.3 Å². The first kappa shape index (κ1) is 17.1. The molecule has 1 aromatic carbocycles. The van der Waals surface area contributed by atoms with Gasteiger partial charge in [-0.3, -0.25) is 9.59 Å². The second kappa shape index (κ2) is 7.76. The largest absolute Gasteiger partial charge is 0.355 e. The molecule has 1 aromatic rings. The Kier molecular flexibility index (Phi) is 6.34. The molecule has 0 aromatic heterocycles. The van der Waals surface area contributed by atoms with Crippen LogP contribution in [0.25, 0.3) is 0 Å². The van der Waals surface area contributed by atoms with E-state index >= 15 is 0 Å². The molecule has 1 N–H and O–H groups in total. The minimum absolute atomic E-state index is 0.0990. The molecule has 1 atom stereocenters.